The number of amides is 1. The van der Waals surface area contributed by atoms with E-state index in [0.717, 1.165) is 12.8 Å². The summed E-state index contributed by atoms with van der Waals surface area (Å²) in [6, 6.07) is 11.0. The van der Waals surface area contributed by atoms with Crippen LogP contribution in [0.1, 0.15) is 23.2 Å². The average molecular weight is 475 g/mol. The number of carbonyl (C=O) groups is 1. The van der Waals surface area contributed by atoms with Crippen molar-refractivity contribution in [3.63, 3.8) is 0 Å². The number of hydrogen-bond acceptors (Lipinski definition) is 7. The van der Waals surface area contributed by atoms with Gasteiger partial charge in [-0.15, -0.1) is 0 Å². The first-order valence-corrected chi connectivity index (χ1v) is 12.5. The predicted octanol–water partition coefficient (Wildman–Crippen LogP) is 2.48. The molecule has 33 heavy (non-hydrogen) atoms. The van der Waals surface area contributed by atoms with Crippen molar-refractivity contribution in [1.82, 2.24) is 4.90 Å². The van der Waals surface area contributed by atoms with Crippen LogP contribution < -0.4 is 14.2 Å². The first-order valence-electron chi connectivity index (χ1n) is 11.0. The van der Waals surface area contributed by atoms with Crippen molar-refractivity contribution in [2.45, 2.75) is 24.0 Å². The summed E-state index contributed by atoms with van der Waals surface area (Å²) in [5.41, 5.74) is 0.734. The Morgan fingerprint density at radius 3 is 2.58 bits per heavy atom. The van der Waals surface area contributed by atoms with E-state index in [1.165, 1.54) is 12.1 Å². The minimum Gasteiger partial charge on any atom is -0.486 e. The van der Waals surface area contributed by atoms with E-state index in [1.54, 1.807) is 35.2 Å². The van der Waals surface area contributed by atoms with Gasteiger partial charge in [-0.25, -0.2) is 8.42 Å². The number of likely N-dealkylation sites (tertiary alicyclic amines) is 1. The lowest BCUT2D eigenvalue weighted by Gasteiger charge is -2.34. The summed E-state index contributed by atoms with van der Waals surface area (Å²) in [4.78, 5) is 15.0. The number of fused-ring (bicyclic) bond motifs is 1. The molecule has 2 aromatic rings. The van der Waals surface area contributed by atoms with E-state index in [4.69, 9.17) is 18.9 Å². The Hall–Kier alpha value is -2.82. The van der Waals surface area contributed by atoms with Crippen LogP contribution in [0, 0.1) is 5.92 Å². The van der Waals surface area contributed by atoms with E-state index in [9.17, 15) is 13.2 Å². The lowest BCUT2D eigenvalue weighted by molar-refractivity contribution is -0.0969. The van der Waals surface area contributed by atoms with Gasteiger partial charge in [0.25, 0.3) is 15.9 Å². The number of hydrogen-bond donors (Lipinski definition) is 1. The second-order valence-electron chi connectivity index (χ2n) is 8.26. The van der Waals surface area contributed by atoms with Crippen LogP contribution in [0.15, 0.2) is 47.4 Å². The minimum absolute atomic E-state index is 0.0546. The number of rotatable bonds is 5. The van der Waals surface area contributed by atoms with E-state index in [1.807, 2.05) is 0 Å². The Labute approximate surface area is 192 Å². The third kappa shape index (κ3) is 4.78. The molecule has 3 aliphatic heterocycles. The van der Waals surface area contributed by atoms with Gasteiger partial charge < -0.3 is 23.8 Å². The third-order valence-electron chi connectivity index (χ3n) is 5.96. The van der Waals surface area contributed by atoms with E-state index in [0.29, 0.717) is 62.3 Å². The van der Waals surface area contributed by atoms with Gasteiger partial charge in [0.2, 0.25) is 0 Å². The molecule has 0 spiro atoms. The molecule has 9 nitrogen and oxygen atoms in total. The summed E-state index contributed by atoms with van der Waals surface area (Å²) in [6.07, 6.45) is 1.56. The standard InChI is InChI=1S/C23H26N2O7S/c26-22(25-8-2-4-17(15-25)23-31-11-12-32-23)16-3-1-5-18(13-16)24-33(27,28)19-6-7-20-21(14-19)30-10-9-29-20/h1,3,5-7,13-14,17,23-24H,2,4,8-12,15H2. The van der Waals surface area contributed by atoms with Crippen LogP contribution in [0.3, 0.4) is 0 Å². The molecule has 5 rings (SSSR count). The van der Waals surface area contributed by atoms with Gasteiger partial charge in [0.05, 0.1) is 18.1 Å². The molecule has 0 radical (unpaired) electrons. The van der Waals surface area contributed by atoms with Crippen molar-refractivity contribution in [2.75, 3.05) is 44.2 Å². The molecule has 2 aromatic carbocycles. The maximum absolute atomic E-state index is 13.1. The Morgan fingerprint density at radius 2 is 1.76 bits per heavy atom. The molecule has 0 aromatic heterocycles. The van der Waals surface area contributed by atoms with Crippen LogP contribution in [0.25, 0.3) is 0 Å². The molecule has 2 fully saturated rings. The van der Waals surface area contributed by atoms with Crippen LogP contribution >= 0.6 is 0 Å². The maximum Gasteiger partial charge on any atom is 0.262 e. The lowest BCUT2D eigenvalue weighted by atomic mass is 9.96. The van der Waals surface area contributed by atoms with Gasteiger partial charge in [-0.2, -0.15) is 0 Å². The highest BCUT2D eigenvalue weighted by Gasteiger charge is 2.33. The lowest BCUT2D eigenvalue weighted by Crippen LogP contribution is -2.43. The number of nitrogens with zero attached hydrogens (tertiary/aromatic N) is 1. The van der Waals surface area contributed by atoms with E-state index < -0.39 is 10.0 Å². The first kappa shape index (κ1) is 22.0. The normalized spacial score (nSPS) is 21.1. The SMILES string of the molecule is O=C(c1cccc(NS(=O)(=O)c2ccc3c(c2)OCCO3)c1)N1CCCC(C2OCCO2)C1. The van der Waals surface area contributed by atoms with Crippen molar-refractivity contribution in [3.05, 3.63) is 48.0 Å². The molecule has 3 heterocycles. The van der Waals surface area contributed by atoms with Crippen molar-refractivity contribution in [3.8, 4) is 11.5 Å². The fraction of sp³-hybridized carbons (Fsp3) is 0.435. The molecule has 3 aliphatic rings. The van der Waals surface area contributed by atoms with Crippen LogP contribution in [0.4, 0.5) is 5.69 Å². The topological polar surface area (TPSA) is 103 Å². The second-order valence-corrected chi connectivity index (χ2v) is 9.94. The molecule has 1 unspecified atom stereocenters. The molecule has 0 aliphatic carbocycles. The minimum atomic E-state index is -3.88. The Balaban J connectivity index is 1.30. The zero-order valence-electron chi connectivity index (χ0n) is 18.1. The van der Waals surface area contributed by atoms with Gasteiger partial charge >= 0.3 is 0 Å². The highest BCUT2D eigenvalue weighted by molar-refractivity contribution is 7.92. The molecule has 2 saturated heterocycles. The van der Waals surface area contributed by atoms with Crippen molar-refractivity contribution in [2.24, 2.45) is 5.92 Å². The quantitative estimate of drug-likeness (QED) is 0.710. The molecule has 1 amide bonds. The summed E-state index contributed by atoms with van der Waals surface area (Å²) in [5, 5.41) is 0. The summed E-state index contributed by atoms with van der Waals surface area (Å²) >= 11 is 0. The van der Waals surface area contributed by atoms with E-state index in [2.05, 4.69) is 4.72 Å². The van der Waals surface area contributed by atoms with Crippen LogP contribution in [-0.4, -0.2) is 65.0 Å². The largest absolute Gasteiger partial charge is 0.486 e. The molecular weight excluding hydrogens is 448 g/mol. The zero-order chi connectivity index (χ0) is 22.8. The molecule has 0 saturated carbocycles. The van der Waals surface area contributed by atoms with Gasteiger partial charge in [0.1, 0.15) is 13.2 Å². The van der Waals surface area contributed by atoms with Gasteiger partial charge in [0, 0.05) is 36.3 Å². The number of ether oxygens (including phenoxy) is 4. The van der Waals surface area contributed by atoms with Gasteiger partial charge in [-0.05, 0) is 43.2 Å². The van der Waals surface area contributed by atoms with Crippen molar-refractivity contribution < 1.29 is 32.2 Å². The Bertz CT molecular complexity index is 1130. The highest BCUT2D eigenvalue weighted by atomic mass is 32.2. The Morgan fingerprint density at radius 1 is 0.970 bits per heavy atom. The van der Waals surface area contributed by atoms with E-state index in [-0.39, 0.29) is 23.0 Å². The van der Waals surface area contributed by atoms with Crippen LogP contribution in [0.2, 0.25) is 0 Å². The highest BCUT2D eigenvalue weighted by Crippen LogP contribution is 2.33. The second kappa shape index (κ2) is 9.20. The molecule has 1 N–H and O–H groups in total. The summed E-state index contributed by atoms with van der Waals surface area (Å²) < 4.78 is 50.6. The number of carbonyl (C=O) groups excluding carboxylic acids is 1. The van der Waals surface area contributed by atoms with Gasteiger partial charge in [-0.3, -0.25) is 9.52 Å². The van der Waals surface area contributed by atoms with Crippen LogP contribution in [-0.2, 0) is 19.5 Å². The molecule has 1 atom stereocenters. The third-order valence-corrected chi connectivity index (χ3v) is 7.34. The van der Waals surface area contributed by atoms with Gasteiger partial charge in [0.15, 0.2) is 17.8 Å². The number of nitrogens with one attached hydrogen (secondary N) is 1. The zero-order valence-corrected chi connectivity index (χ0v) is 18.9. The maximum atomic E-state index is 13.1. The van der Waals surface area contributed by atoms with Gasteiger partial charge in [-0.1, -0.05) is 6.07 Å². The van der Waals surface area contributed by atoms with Crippen LogP contribution in [0.5, 0.6) is 11.5 Å². The monoisotopic (exact) mass is 474 g/mol. The molecule has 176 valence electrons. The summed E-state index contributed by atoms with van der Waals surface area (Å²) in [7, 11) is -3.88. The predicted molar refractivity (Wildman–Crippen MR) is 119 cm³/mol. The van der Waals surface area contributed by atoms with Crippen molar-refractivity contribution >= 4 is 21.6 Å². The summed E-state index contributed by atoms with van der Waals surface area (Å²) in [5.74, 6) is 0.907. The molecular formula is C23H26N2O7S. The molecule has 0 bridgehead atoms. The smallest absolute Gasteiger partial charge is 0.262 e. The number of benzene rings is 2. The number of anilines is 1. The fourth-order valence-electron chi connectivity index (χ4n) is 4.37. The summed E-state index contributed by atoms with van der Waals surface area (Å²) in [6.45, 7) is 3.16. The Kier molecular flexibility index (Phi) is 6.13. The fourth-order valence-corrected chi connectivity index (χ4v) is 5.43. The molecule has 10 heteroatoms. The first-order chi connectivity index (χ1) is 16.0. The average Bonchev–Trinajstić information content (AvgIpc) is 3.38. The van der Waals surface area contributed by atoms with E-state index >= 15 is 0 Å². The number of piperidine rings is 1. The van der Waals surface area contributed by atoms with Crippen molar-refractivity contribution in [1.29, 1.82) is 0 Å². The number of sulfonamides is 1.